The molecule has 0 atom stereocenters. The fraction of sp³-hybridized carbons (Fsp3) is 0.625. The van der Waals surface area contributed by atoms with Crippen molar-refractivity contribution in [2.45, 2.75) is 50.6 Å². The van der Waals surface area contributed by atoms with Gasteiger partial charge in [0.25, 0.3) is 0 Å². The van der Waals surface area contributed by atoms with Crippen LogP contribution < -0.4 is 5.32 Å². The summed E-state index contributed by atoms with van der Waals surface area (Å²) in [5.41, 5.74) is 0.196. The maximum absolute atomic E-state index is 12.9. The van der Waals surface area contributed by atoms with Crippen LogP contribution in [0.5, 0.6) is 0 Å². The molecule has 1 nitrogen and oxygen atoms in total. The van der Waals surface area contributed by atoms with Crippen LogP contribution in [0.15, 0.2) is 24.3 Å². The molecule has 1 saturated carbocycles. The van der Waals surface area contributed by atoms with E-state index in [2.05, 4.69) is 12.2 Å². The quantitative estimate of drug-likeness (QED) is 0.784. The summed E-state index contributed by atoms with van der Waals surface area (Å²) in [5, 5.41) is 3.39. The first-order valence-electron chi connectivity index (χ1n) is 7.36. The molecule has 1 N–H and O–H groups in total. The standard InChI is InChI=1S/C16H22F3N/c1-2-10-20-12-15(8-3-4-9-15)13-6-5-7-14(11-13)16(17,18)19/h5-7,11,20H,2-4,8-10,12H2,1H3. The molecule has 0 aliphatic heterocycles. The second-order valence-electron chi connectivity index (χ2n) is 5.74. The lowest BCUT2D eigenvalue weighted by Crippen LogP contribution is -2.36. The maximum atomic E-state index is 12.9. The van der Waals surface area contributed by atoms with Crippen LogP contribution in [-0.4, -0.2) is 13.1 Å². The summed E-state index contributed by atoms with van der Waals surface area (Å²) in [4.78, 5) is 0. The molecule has 1 aliphatic rings. The zero-order valence-electron chi connectivity index (χ0n) is 11.9. The maximum Gasteiger partial charge on any atom is 0.416 e. The van der Waals surface area contributed by atoms with E-state index in [0.717, 1.165) is 56.8 Å². The van der Waals surface area contributed by atoms with Gasteiger partial charge in [-0.3, -0.25) is 0 Å². The van der Waals surface area contributed by atoms with Crippen molar-refractivity contribution in [3.8, 4) is 0 Å². The van der Waals surface area contributed by atoms with Crippen LogP contribution in [0.1, 0.15) is 50.2 Å². The van der Waals surface area contributed by atoms with E-state index < -0.39 is 11.7 Å². The largest absolute Gasteiger partial charge is 0.416 e. The molecular formula is C16H22F3N. The molecule has 1 aromatic carbocycles. The number of halogens is 3. The predicted octanol–water partition coefficient (Wildman–Crippen LogP) is 4.52. The molecule has 112 valence electrons. The minimum absolute atomic E-state index is 0.115. The zero-order chi connectivity index (χ0) is 14.6. The minimum Gasteiger partial charge on any atom is -0.316 e. The molecule has 1 fully saturated rings. The molecule has 1 aliphatic carbocycles. The topological polar surface area (TPSA) is 12.0 Å². The molecular weight excluding hydrogens is 263 g/mol. The molecule has 0 radical (unpaired) electrons. The highest BCUT2D eigenvalue weighted by atomic mass is 19.4. The zero-order valence-corrected chi connectivity index (χ0v) is 11.9. The second kappa shape index (κ2) is 6.17. The van der Waals surface area contributed by atoms with Crippen molar-refractivity contribution in [1.82, 2.24) is 5.32 Å². The number of nitrogens with one attached hydrogen (secondary N) is 1. The molecule has 0 amide bonds. The first kappa shape index (κ1) is 15.4. The average molecular weight is 285 g/mol. The van der Waals surface area contributed by atoms with Crippen LogP contribution in [-0.2, 0) is 11.6 Å². The van der Waals surface area contributed by atoms with E-state index in [-0.39, 0.29) is 5.41 Å². The van der Waals surface area contributed by atoms with Gasteiger partial charge in [-0.25, -0.2) is 0 Å². The molecule has 0 aromatic heterocycles. The number of alkyl halides is 3. The van der Waals surface area contributed by atoms with Gasteiger partial charge in [-0.2, -0.15) is 13.2 Å². The number of rotatable bonds is 5. The van der Waals surface area contributed by atoms with Crippen molar-refractivity contribution in [2.24, 2.45) is 0 Å². The highest BCUT2D eigenvalue weighted by Gasteiger charge is 2.37. The van der Waals surface area contributed by atoms with E-state index >= 15 is 0 Å². The van der Waals surface area contributed by atoms with Crippen LogP contribution in [0.4, 0.5) is 13.2 Å². The van der Waals surface area contributed by atoms with Gasteiger partial charge >= 0.3 is 6.18 Å². The Balaban J connectivity index is 2.25. The lowest BCUT2D eigenvalue weighted by molar-refractivity contribution is -0.137. The Bertz CT molecular complexity index is 434. The Hall–Kier alpha value is -1.03. The first-order valence-corrected chi connectivity index (χ1v) is 7.36. The summed E-state index contributed by atoms with van der Waals surface area (Å²) in [5.74, 6) is 0. The average Bonchev–Trinajstić information content (AvgIpc) is 2.88. The van der Waals surface area contributed by atoms with E-state index in [4.69, 9.17) is 0 Å². The van der Waals surface area contributed by atoms with Crippen molar-refractivity contribution in [3.63, 3.8) is 0 Å². The predicted molar refractivity (Wildman–Crippen MR) is 74.8 cm³/mol. The summed E-state index contributed by atoms with van der Waals surface area (Å²) in [6.07, 6.45) is 0.940. The summed E-state index contributed by atoms with van der Waals surface area (Å²) < 4.78 is 38.6. The second-order valence-corrected chi connectivity index (χ2v) is 5.74. The van der Waals surface area contributed by atoms with E-state index in [1.54, 1.807) is 0 Å². The lowest BCUT2D eigenvalue weighted by atomic mass is 9.78. The third kappa shape index (κ3) is 3.35. The van der Waals surface area contributed by atoms with E-state index in [1.165, 1.54) is 12.1 Å². The SMILES string of the molecule is CCCNCC1(c2cccc(C(F)(F)F)c2)CCCC1. The summed E-state index contributed by atoms with van der Waals surface area (Å²) in [6.45, 7) is 3.79. The molecule has 4 heteroatoms. The van der Waals surface area contributed by atoms with Crippen molar-refractivity contribution in [2.75, 3.05) is 13.1 Å². The normalized spacial score (nSPS) is 18.4. The first-order chi connectivity index (χ1) is 9.48. The van der Waals surface area contributed by atoms with Crippen LogP contribution in [0, 0.1) is 0 Å². The van der Waals surface area contributed by atoms with Gasteiger partial charge in [0.1, 0.15) is 0 Å². The molecule has 0 saturated heterocycles. The van der Waals surface area contributed by atoms with Crippen molar-refractivity contribution >= 4 is 0 Å². The molecule has 0 heterocycles. The van der Waals surface area contributed by atoms with E-state index in [1.807, 2.05) is 6.07 Å². The monoisotopic (exact) mass is 285 g/mol. The van der Waals surface area contributed by atoms with E-state index in [9.17, 15) is 13.2 Å². The smallest absolute Gasteiger partial charge is 0.316 e. The third-order valence-electron chi connectivity index (χ3n) is 4.25. The summed E-state index contributed by atoms with van der Waals surface area (Å²) in [7, 11) is 0. The highest BCUT2D eigenvalue weighted by Crippen LogP contribution is 2.42. The lowest BCUT2D eigenvalue weighted by Gasteiger charge is -2.30. The minimum atomic E-state index is -4.26. The summed E-state index contributed by atoms with van der Waals surface area (Å²) >= 11 is 0. The van der Waals surface area contributed by atoms with Crippen LogP contribution in [0.3, 0.4) is 0 Å². The molecule has 1 aromatic rings. The number of benzene rings is 1. The Kier molecular flexibility index (Phi) is 4.74. The van der Waals surface area contributed by atoms with Crippen LogP contribution in [0.25, 0.3) is 0 Å². The molecule has 20 heavy (non-hydrogen) atoms. The third-order valence-corrected chi connectivity index (χ3v) is 4.25. The molecule has 2 rings (SSSR count). The van der Waals surface area contributed by atoms with Crippen LogP contribution in [0.2, 0.25) is 0 Å². The van der Waals surface area contributed by atoms with Gasteiger partial charge in [0.2, 0.25) is 0 Å². The van der Waals surface area contributed by atoms with Crippen LogP contribution >= 0.6 is 0 Å². The Labute approximate surface area is 118 Å². The Morgan fingerprint density at radius 1 is 1.20 bits per heavy atom. The van der Waals surface area contributed by atoms with E-state index in [0.29, 0.717) is 0 Å². The van der Waals surface area contributed by atoms with Gasteiger partial charge in [0.15, 0.2) is 0 Å². The number of hydrogen-bond acceptors (Lipinski definition) is 1. The molecule has 0 unspecified atom stereocenters. The fourth-order valence-electron chi connectivity index (χ4n) is 3.15. The van der Waals surface area contributed by atoms with Crippen molar-refractivity contribution < 1.29 is 13.2 Å². The number of hydrogen-bond donors (Lipinski definition) is 1. The van der Waals surface area contributed by atoms with Gasteiger partial charge < -0.3 is 5.32 Å². The van der Waals surface area contributed by atoms with Gasteiger partial charge in [0, 0.05) is 12.0 Å². The summed E-state index contributed by atoms with van der Waals surface area (Å²) in [6, 6.07) is 5.90. The fourth-order valence-corrected chi connectivity index (χ4v) is 3.15. The highest BCUT2D eigenvalue weighted by molar-refractivity contribution is 5.33. The van der Waals surface area contributed by atoms with Crippen molar-refractivity contribution in [1.29, 1.82) is 0 Å². The van der Waals surface area contributed by atoms with Gasteiger partial charge in [0.05, 0.1) is 5.56 Å². The van der Waals surface area contributed by atoms with Crippen molar-refractivity contribution in [3.05, 3.63) is 35.4 Å². The van der Waals surface area contributed by atoms with Gasteiger partial charge in [-0.1, -0.05) is 38.0 Å². The Morgan fingerprint density at radius 2 is 1.90 bits per heavy atom. The molecule has 0 spiro atoms. The van der Waals surface area contributed by atoms with Gasteiger partial charge in [-0.15, -0.1) is 0 Å². The molecule has 0 bridgehead atoms. The van der Waals surface area contributed by atoms with Gasteiger partial charge in [-0.05, 0) is 37.4 Å². The Morgan fingerprint density at radius 3 is 2.50 bits per heavy atom.